The van der Waals surface area contributed by atoms with Crippen LogP contribution < -0.4 is 0 Å². The van der Waals surface area contributed by atoms with E-state index < -0.39 is 20.8 Å². The van der Waals surface area contributed by atoms with Crippen LogP contribution in [-0.4, -0.2) is 9.52 Å². The van der Waals surface area contributed by atoms with Gasteiger partial charge in [-0.25, -0.2) is 0 Å². The zero-order chi connectivity index (χ0) is 39.6. The van der Waals surface area contributed by atoms with Gasteiger partial charge in [0.1, 0.15) is 0 Å². The normalized spacial score (nSPS) is 15.7. The van der Waals surface area contributed by atoms with Crippen LogP contribution in [0.15, 0.2) is 121 Å². The number of rotatable bonds is 10. The van der Waals surface area contributed by atoms with Crippen molar-refractivity contribution in [2.75, 3.05) is 0 Å². The second kappa shape index (κ2) is 23.4. The van der Waals surface area contributed by atoms with Crippen LogP contribution in [0, 0.1) is 10.8 Å². The predicted octanol–water partition coefficient (Wildman–Crippen LogP) is 17.2. The summed E-state index contributed by atoms with van der Waals surface area (Å²) in [6.45, 7) is 9.01. The predicted molar refractivity (Wildman–Crippen MR) is 247 cm³/mol. The van der Waals surface area contributed by atoms with E-state index in [1.165, 1.54) is 147 Å². The zero-order valence-corrected chi connectivity index (χ0v) is 39.6. The molecule has 56 heavy (non-hydrogen) atoms. The summed E-state index contributed by atoms with van der Waals surface area (Å²) in [5.41, 5.74) is 9.61. The molecule has 2 aliphatic carbocycles. The Bertz CT molecular complexity index is 1820. The van der Waals surface area contributed by atoms with Crippen LogP contribution in [0.5, 0.6) is 0 Å². The first-order valence-corrected chi connectivity index (χ1v) is 29.8. The molecule has 0 bridgehead atoms. The molecule has 0 N–H and O–H groups in total. The van der Waals surface area contributed by atoms with Gasteiger partial charge in [-0.3, -0.25) is 0 Å². The van der Waals surface area contributed by atoms with Crippen LogP contribution in [0.4, 0.5) is 0 Å². The Kier molecular flexibility index (Phi) is 18.7. The van der Waals surface area contributed by atoms with Gasteiger partial charge in [-0.15, -0.1) is 69.1 Å². The standard InChI is InChI=1S/2C25H29.C2H6Si.2ClH.Zr/c2*1-2-14-25(15-7-4-8-16-25)19-20-17-22-12-9-13-23(24(22)18-20)21-10-5-3-6-11-21;1-3-2;;;/h2*3,5-6,9-13,17-18H,2,4,7-8,14-16,19H2,1H3;1-2H3;2*1H;/q2*-1;;;;+4/p-2. The number of halogens is 2. The van der Waals surface area contributed by atoms with Crippen LogP contribution in [0.1, 0.15) is 115 Å². The molecule has 0 nitrogen and oxygen atoms in total. The monoisotopic (exact) mass is 876 g/mol. The summed E-state index contributed by atoms with van der Waals surface area (Å²) in [5.74, 6) is 0. The first kappa shape index (κ1) is 44.9. The van der Waals surface area contributed by atoms with E-state index in [1.807, 2.05) is 0 Å². The molecule has 0 heterocycles. The number of hydrogen-bond donors (Lipinski definition) is 0. The molecule has 6 aromatic carbocycles. The van der Waals surface area contributed by atoms with Gasteiger partial charge in [0.25, 0.3) is 0 Å². The van der Waals surface area contributed by atoms with Crippen molar-refractivity contribution in [3.05, 3.63) is 132 Å². The van der Waals surface area contributed by atoms with Gasteiger partial charge in [-0.2, -0.15) is 12.1 Å². The molecular formula is C52H64Cl2SiZr. The van der Waals surface area contributed by atoms with Gasteiger partial charge in [0.15, 0.2) is 0 Å². The molecule has 2 fully saturated rings. The van der Waals surface area contributed by atoms with Crippen molar-refractivity contribution in [1.82, 2.24) is 0 Å². The second-order valence-corrected chi connectivity index (χ2v) is 21.4. The molecule has 8 rings (SSSR count). The summed E-state index contributed by atoms with van der Waals surface area (Å²) < 4.78 is 0. The molecular weight excluding hydrogens is 815 g/mol. The molecule has 0 amide bonds. The summed E-state index contributed by atoms with van der Waals surface area (Å²) in [5, 5.41) is 5.65. The SMILES string of the molecule is CCCC1(Cc2cc3c(-c4ccccc4)cccc3[cH-]2)CCCCC1.CCCC1(Cc2cc3c(-c4ccccc4)cccc3[cH-]2)CCCCC1.C[Si]C.[Cl][Zr+2][Cl]. The molecule has 0 unspecified atom stereocenters. The third kappa shape index (κ3) is 12.4. The molecule has 6 aromatic rings. The van der Waals surface area contributed by atoms with Gasteiger partial charge in [0.2, 0.25) is 0 Å². The Morgan fingerprint density at radius 2 is 0.893 bits per heavy atom. The second-order valence-electron chi connectivity index (χ2n) is 16.6. The molecule has 0 spiro atoms. The van der Waals surface area contributed by atoms with Gasteiger partial charge < -0.3 is 0 Å². The third-order valence-electron chi connectivity index (χ3n) is 12.3. The van der Waals surface area contributed by atoms with Crippen molar-refractivity contribution < 1.29 is 20.8 Å². The number of hydrogen-bond acceptors (Lipinski definition) is 0. The molecule has 2 radical (unpaired) electrons. The van der Waals surface area contributed by atoms with Gasteiger partial charge >= 0.3 is 37.9 Å². The fraction of sp³-hybridized carbons (Fsp3) is 0.423. The van der Waals surface area contributed by atoms with Crippen LogP contribution in [-0.2, 0) is 33.7 Å². The average molecular weight is 879 g/mol. The maximum atomic E-state index is 4.93. The topological polar surface area (TPSA) is 0 Å². The summed E-state index contributed by atoms with van der Waals surface area (Å²) in [6, 6.07) is 45.0. The van der Waals surface area contributed by atoms with E-state index in [2.05, 4.69) is 148 Å². The molecule has 4 heteroatoms. The molecule has 294 valence electrons. The van der Waals surface area contributed by atoms with Crippen molar-refractivity contribution in [1.29, 1.82) is 0 Å². The Morgan fingerprint density at radius 1 is 0.536 bits per heavy atom. The van der Waals surface area contributed by atoms with Crippen molar-refractivity contribution in [2.45, 2.75) is 130 Å². The third-order valence-corrected chi connectivity index (χ3v) is 12.3. The molecule has 0 atom stereocenters. The fourth-order valence-corrected chi connectivity index (χ4v) is 10.1. The quantitative estimate of drug-likeness (QED) is 0.0950. The Morgan fingerprint density at radius 3 is 1.23 bits per heavy atom. The summed E-state index contributed by atoms with van der Waals surface area (Å²) in [6.07, 6.45) is 22.2. The Labute approximate surface area is 361 Å². The van der Waals surface area contributed by atoms with Crippen molar-refractivity contribution in [3.8, 4) is 22.3 Å². The molecule has 2 saturated carbocycles. The van der Waals surface area contributed by atoms with Crippen molar-refractivity contribution >= 4 is 48.1 Å². The first-order chi connectivity index (χ1) is 27.4. The molecule has 0 saturated heterocycles. The van der Waals surface area contributed by atoms with Crippen LogP contribution >= 0.6 is 17.0 Å². The summed E-state index contributed by atoms with van der Waals surface area (Å²) in [4.78, 5) is 0. The summed E-state index contributed by atoms with van der Waals surface area (Å²) in [7, 11) is 11.0. The van der Waals surface area contributed by atoms with Gasteiger partial charge in [-0.05, 0) is 73.3 Å². The molecule has 2 aliphatic rings. The average Bonchev–Trinajstić information content (AvgIpc) is 3.83. The Balaban J connectivity index is 0.000000188. The Hall–Kier alpha value is -2.22. The molecule has 0 aromatic heterocycles. The number of fused-ring (bicyclic) bond motifs is 2. The van der Waals surface area contributed by atoms with E-state index in [4.69, 9.17) is 17.0 Å². The zero-order valence-electron chi connectivity index (χ0n) is 34.6. The van der Waals surface area contributed by atoms with Gasteiger partial charge in [-0.1, -0.05) is 162 Å². The fourth-order valence-electron chi connectivity index (χ4n) is 10.1. The van der Waals surface area contributed by atoms with E-state index >= 15 is 0 Å². The van der Waals surface area contributed by atoms with E-state index in [9.17, 15) is 0 Å². The minimum absolute atomic E-state index is 0.560. The van der Waals surface area contributed by atoms with E-state index in [1.54, 1.807) is 11.1 Å². The van der Waals surface area contributed by atoms with Crippen LogP contribution in [0.25, 0.3) is 43.8 Å². The van der Waals surface area contributed by atoms with Crippen LogP contribution in [0.2, 0.25) is 13.1 Å². The van der Waals surface area contributed by atoms with E-state index in [-0.39, 0.29) is 0 Å². The summed E-state index contributed by atoms with van der Waals surface area (Å²) >= 11 is -0.826. The van der Waals surface area contributed by atoms with Crippen molar-refractivity contribution in [3.63, 3.8) is 0 Å². The van der Waals surface area contributed by atoms with Crippen molar-refractivity contribution in [2.24, 2.45) is 10.8 Å². The number of benzene rings is 4. The first-order valence-electron chi connectivity index (χ1n) is 21.4. The minimum atomic E-state index is -0.826. The van der Waals surface area contributed by atoms with Gasteiger partial charge in [0.05, 0.1) is 0 Å². The van der Waals surface area contributed by atoms with E-state index in [0.717, 1.165) is 9.52 Å². The maximum absolute atomic E-state index is 4.93. The van der Waals surface area contributed by atoms with E-state index in [0.29, 0.717) is 10.8 Å². The molecule has 0 aliphatic heterocycles. The van der Waals surface area contributed by atoms with Gasteiger partial charge in [0, 0.05) is 9.52 Å². The van der Waals surface area contributed by atoms with Crippen LogP contribution in [0.3, 0.4) is 0 Å².